The van der Waals surface area contributed by atoms with Gasteiger partial charge in [0.1, 0.15) is 17.1 Å². The maximum atomic E-state index is 15.0. The van der Waals surface area contributed by atoms with E-state index in [9.17, 15) is 4.79 Å². The third-order valence-corrected chi connectivity index (χ3v) is 5.60. The van der Waals surface area contributed by atoms with Crippen molar-refractivity contribution >= 4 is 11.9 Å². The summed E-state index contributed by atoms with van der Waals surface area (Å²) >= 11 is 0. The fourth-order valence-electron chi connectivity index (χ4n) is 3.92. The van der Waals surface area contributed by atoms with E-state index in [-0.39, 0.29) is 30.1 Å². The summed E-state index contributed by atoms with van der Waals surface area (Å²) in [7, 11) is 1.57. The molecule has 3 atom stereocenters. The van der Waals surface area contributed by atoms with Crippen LogP contribution in [0.15, 0.2) is 41.5 Å². The highest BCUT2D eigenvalue weighted by Crippen LogP contribution is 2.46. The van der Waals surface area contributed by atoms with Gasteiger partial charge in [0.25, 0.3) is 0 Å². The van der Waals surface area contributed by atoms with Gasteiger partial charge in [-0.2, -0.15) is 0 Å². The number of amides is 1. The molecular formula is C21H23FN4O3. The third kappa shape index (κ3) is 3.23. The van der Waals surface area contributed by atoms with Crippen molar-refractivity contribution in [2.75, 3.05) is 13.7 Å². The van der Waals surface area contributed by atoms with Crippen LogP contribution in [0.2, 0.25) is 0 Å². The molecule has 2 aromatic rings. The third-order valence-electron chi connectivity index (χ3n) is 5.60. The number of nitrogens with zero attached hydrogens (tertiary/aromatic N) is 3. The summed E-state index contributed by atoms with van der Waals surface area (Å²) in [5.41, 5.74) is 5.84. The molecule has 1 aromatic carbocycles. The number of carbonyl (C=O) groups excluding carboxylic acids is 1. The Morgan fingerprint density at radius 1 is 1.38 bits per heavy atom. The number of aryl methyl sites for hydroxylation is 1. The minimum absolute atomic E-state index is 0.0377. The van der Waals surface area contributed by atoms with Crippen molar-refractivity contribution < 1.29 is 18.7 Å². The molecule has 8 heteroatoms. The zero-order valence-electron chi connectivity index (χ0n) is 16.6. The molecule has 0 bridgehead atoms. The number of aromatic nitrogens is 1. The van der Waals surface area contributed by atoms with Gasteiger partial charge in [-0.25, -0.2) is 14.4 Å². The van der Waals surface area contributed by atoms with Crippen LogP contribution >= 0.6 is 0 Å². The molecule has 1 amide bonds. The second-order valence-electron chi connectivity index (χ2n) is 7.57. The second-order valence-corrected chi connectivity index (χ2v) is 7.57. The number of rotatable bonds is 3. The Balaban J connectivity index is 1.81. The number of hydrogen-bond acceptors (Lipinski definition) is 6. The van der Waals surface area contributed by atoms with E-state index in [1.54, 1.807) is 19.3 Å². The van der Waals surface area contributed by atoms with Crippen LogP contribution in [0.5, 0.6) is 11.6 Å². The minimum atomic E-state index is -1.23. The molecule has 1 fully saturated rings. The maximum Gasteiger partial charge on any atom is 0.235 e. The Hall–Kier alpha value is -3.00. The predicted molar refractivity (Wildman–Crippen MR) is 105 cm³/mol. The number of pyridine rings is 1. The first-order chi connectivity index (χ1) is 13.8. The summed E-state index contributed by atoms with van der Waals surface area (Å²) < 4.78 is 26.7. The molecule has 3 heterocycles. The van der Waals surface area contributed by atoms with Gasteiger partial charge < -0.3 is 15.2 Å². The topological polar surface area (TPSA) is 90.0 Å². The highest BCUT2D eigenvalue weighted by atomic mass is 19.1. The standard InChI is InChI=1S/C21H23FN4O3/c1-12-5-4-8-24-18(12)29-14-6-7-17(22)15(10-14)21-11-28-13(2)9-16(21)19(27)26(3)20(23)25-21/h4-8,10,13,16H,9,11H2,1-3H3,(H2,23,25)/t13-,16-,21+/m0/s1. The summed E-state index contributed by atoms with van der Waals surface area (Å²) in [6.45, 7) is 3.82. The zero-order chi connectivity index (χ0) is 20.8. The van der Waals surface area contributed by atoms with E-state index in [4.69, 9.17) is 15.2 Å². The Bertz CT molecular complexity index is 996. The van der Waals surface area contributed by atoms with Crippen molar-refractivity contribution in [3.05, 3.63) is 53.5 Å². The van der Waals surface area contributed by atoms with Gasteiger partial charge in [0.15, 0.2) is 5.96 Å². The highest BCUT2D eigenvalue weighted by molar-refractivity contribution is 6.00. The van der Waals surface area contributed by atoms with E-state index in [0.717, 1.165) is 5.56 Å². The molecule has 1 aromatic heterocycles. The number of fused-ring (bicyclic) bond motifs is 1. The highest BCUT2D eigenvalue weighted by Gasteiger charge is 2.54. The van der Waals surface area contributed by atoms with E-state index in [0.29, 0.717) is 18.1 Å². The Morgan fingerprint density at radius 2 is 2.17 bits per heavy atom. The molecule has 29 heavy (non-hydrogen) atoms. The van der Waals surface area contributed by atoms with Crippen molar-refractivity contribution in [2.45, 2.75) is 31.9 Å². The average Bonchev–Trinajstić information content (AvgIpc) is 2.70. The molecule has 1 saturated heterocycles. The molecule has 0 saturated carbocycles. The Labute approximate surface area is 168 Å². The van der Waals surface area contributed by atoms with Crippen LogP contribution in [0.1, 0.15) is 24.5 Å². The van der Waals surface area contributed by atoms with Crippen LogP contribution in [0.3, 0.4) is 0 Å². The lowest BCUT2D eigenvalue weighted by Crippen LogP contribution is -2.59. The number of nitrogens with two attached hydrogens (primary N) is 1. The Kier molecular flexibility index (Phi) is 4.74. The first kappa shape index (κ1) is 19.3. The summed E-state index contributed by atoms with van der Waals surface area (Å²) in [5.74, 6) is -0.406. The fourth-order valence-corrected chi connectivity index (χ4v) is 3.92. The van der Waals surface area contributed by atoms with Crippen molar-refractivity contribution in [1.82, 2.24) is 9.88 Å². The normalized spacial score (nSPS) is 26.7. The van der Waals surface area contributed by atoms with Crippen LogP contribution in [-0.4, -0.2) is 41.5 Å². The fraction of sp³-hybridized carbons (Fsp3) is 0.381. The van der Waals surface area contributed by atoms with Crippen molar-refractivity contribution in [3.63, 3.8) is 0 Å². The monoisotopic (exact) mass is 398 g/mol. The smallest absolute Gasteiger partial charge is 0.235 e. The van der Waals surface area contributed by atoms with Crippen molar-refractivity contribution in [3.8, 4) is 11.6 Å². The molecule has 4 rings (SSSR count). The molecular weight excluding hydrogens is 375 g/mol. The van der Waals surface area contributed by atoms with Crippen molar-refractivity contribution in [1.29, 1.82) is 0 Å². The maximum absolute atomic E-state index is 15.0. The zero-order valence-corrected chi connectivity index (χ0v) is 16.6. The van der Waals surface area contributed by atoms with Crippen LogP contribution < -0.4 is 10.5 Å². The number of aliphatic imine (C=N–C) groups is 1. The minimum Gasteiger partial charge on any atom is -0.439 e. The second kappa shape index (κ2) is 7.11. The number of halogens is 1. The van der Waals surface area contributed by atoms with E-state index in [1.807, 2.05) is 26.0 Å². The number of hydrogen-bond donors (Lipinski definition) is 1. The molecule has 0 unspecified atom stereocenters. The summed E-state index contributed by atoms with van der Waals surface area (Å²) in [6, 6.07) is 8.07. The van der Waals surface area contributed by atoms with Crippen LogP contribution in [0.4, 0.5) is 4.39 Å². The van der Waals surface area contributed by atoms with E-state index in [2.05, 4.69) is 9.98 Å². The molecule has 2 N–H and O–H groups in total. The lowest BCUT2D eigenvalue weighted by Gasteiger charge is -2.46. The van der Waals surface area contributed by atoms with Gasteiger partial charge in [-0.15, -0.1) is 0 Å². The van der Waals surface area contributed by atoms with Gasteiger partial charge in [-0.1, -0.05) is 6.07 Å². The van der Waals surface area contributed by atoms with Crippen LogP contribution in [-0.2, 0) is 15.1 Å². The number of benzene rings is 1. The van der Waals surface area contributed by atoms with Gasteiger partial charge >= 0.3 is 0 Å². The van der Waals surface area contributed by atoms with Gasteiger partial charge in [0.05, 0.1) is 18.6 Å². The first-order valence-corrected chi connectivity index (χ1v) is 9.46. The summed E-state index contributed by atoms with van der Waals surface area (Å²) in [6.07, 6.45) is 1.90. The summed E-state index contributed by atoms with van der Waals surface area (Å²) in [5, 5.41) is 0. The molecule has 0 aliphatic carbocycles. The average molecular weight is 398 g/mol. The molecule has 152 valence electrons. The van der Waals surface area contributed by atoms with E-state index >= 15 is 4.39 Å². The lowest BCUT2D eigenvalue weighted by molar-refractivity contribution is -0.144. The SMILES string of the molecule is Cc1cccnc1Oc1ccc(F)c([C@]23CO[C@@H](C)C[C@H]2C(=O)N(C)C(N)=N3)c1. The van der Waals surface area contributed by atoms with Crippen LogP contribution in [0, 0.1) is 18.7 Å². The first-order valence-electron chi connectivity index (χ1n) is 9.46. The quantitative estimate of drug-likeness (QED) is 0.859. The number of carbonyl (C=O) groups is 1. The molecule has 0 spiro atoms. The van der Waals surface area contributed by atoms with Crippen LogP contribution in [0.25, 0.3) is 0 Å². The lowest BCUT2D eigenvalue weighted by atomic mass is 9.72. The summed E-state index contributed by atoms with van der Waals surface area (Å²) in [4.78, 5) is 23.1. The van der Waals surface area contributed by atoms with Gasteiger partial charge in [-0.05, 0) is 44.5 Å². The van der Waals surface area contributed by atoms with Gasteiger partial charge in [0, 0.05) is 24.4 Å². The number of ether oxygens (including phenoxy) is 2. The predicted octanol–water partition coefficient (Wildman–Crippen LogP) is 2.73. The van der Waals surface area contributed by atoms with E-state index < -0.39 is 17.3 Å². The van der Waals surface area contributed by atoms with Gasteiger partial charge in [0.2, 0.25) is 11.8 Å². The Morgan fingerprint density at radius 3 is 2.93 bits per heavy atom. The largest absolute Gasteiger partial charge is 0.439 e. The van der Waals surface area contributed by atoms with Gasteiger partial charge in [-0.3, -0.25) is 9.69 Å². The number of guanidine groups is 1. The molecule has 0 radical (unpaired) electrons. The molecule has 2 aliphatic rings. The van der Waals surface area contributed by atoms with E-state index in [1.165, 1.54) is 17.0 Å². The molecule has 2 aliphatic heterocycles. The molecule has 7 nitrogen and oxygen atoms in total. The van der Waals surface area contributed by atoms with Crippen molar-refractivity contribution in [2.24, 2.45) is 16.6 Å².